The van der Waals surface area contributed by atoms with Crippen molar-refractivity contribution < 1.29 is 9.72 Å². The molecule has 2 aromatic rings. The molecule has 1 amide bonds. The number of anilines is 1. The molecule has 0 aliphatic carbocycles. The van der Waals surface area contributed by atoms with Crippen LogP contribution in [0.5, 0.6) is 0 Å². The SMILES string of the molecule is N#Cc1cccc(N2CCN(C(=O)c3ccc(Cl)c([N+](=O)[O-])c3)CC2)c1. The van der Waals surface area contributed by atoms with Crippen molar-refractivity contribution >= 4 is 28.9 Å². The van der Waals surface area contributed by atoms with Gasteiger partial charge in [-0.1, -0.05) is 17.7 Å². The van der Waals surface area contributed by atoms with Crippen LogP contribution in [0.25, 0.3) is 0 Å². The molecule has 0 unspecified atom stereocenters. The molecule has 132 valence electrons. The number of nitriles is 1. The summed E-state index contributed by atoms with van der Waals surface area (Å²) in [7, 11) is 0. The van der Waals surface area contributed by atoms with E-state index < -0.39 is 4.92 Å². The van der Waals surface area contributed by atoms with Crippen molar-refractivity contribution in [1.82, 2.24) is 4.90 Å². The van der Waals surface area contributed by atoms with Crippen molar-refractivity contribution in [3.63, 3.8) is 0 Å². The number of rotatable bonds is 3. The Morgan fingerprint density at radius 3 is 2.54 bits per heavy atom. The lowest BCUT2D eigenvalue weighted by Crippen LogP contribution is -2.48. The van der Waals surface area contributed by atoms with Gasteiger partial charge in [-0.05, 0) is 30.3 Å². The van der Waals surface area contributed by atoms with Gasteiger partial charge in [0.15, 0.2) is 0 Å². The number of hydrogen-bond acceptors (Lipinski definition) is 5. The molecule has 0 bridgehead atoms. The zero-order valence-corrected chi connectivity index (χ0v) is 14.5. The molecular formula is C18H15ClN4O3. The first-order valence-corrected chi connectivity index (χ1v) is 8.35. The highest BCUT2D eigenvalue weighted by Gasteiger charge is 2.24. The Balaban J connectivity index is 1.70. The van der Waals surface area contributed by atoms with Crippen LogP contribution in [0.2, 0.25) is 5.02 Å². The molecule has 0 N–H and O–H groups in total. The quantitative estimate of drug-likeness (QED) is 0.611. The predicted octanol–water partition coefficient (Wildman–Crippen LogP) is 3.08. The van der Waals surface area contributed by atoms with Crippen LogP contribution in [0.1, 0.15) is 15.9 Å². The van der Waals surface area contributed by atoms with Gasteiger partial charge in [0, 0.05) is 43.5 Å². The minimum Gasteiger partial charge on any atom is -0.368 e. The van der Waals surface area contributed by atoms with Gasteiger partial charge in [0.25, 0.3) is 11.6 Å². The second-order valence-electron chi connectivity index (χ2n) is 5.86. The number of benzene rings is 2. The Labute approximate surface area is 155 Å². The van der Waals surface area contributed by atoms with Gasteiger partial charge in [0.2, 0.25) is 0 Å². The monoisotopic (exact) mass is 370 g/mol. The predicted molar refractivity (Wildman–Crippen MR) is 97.4 cm³/mol. The van der Waals surface area contributed by atoms with Crippen molar-refractivity contribution in [3.05, 3.63) is 68.7 Å². The van der Waals surface area contributed by atoms with Crippen molar-refractivity contribution in [2.45, 2.75) is 0 Å². The fourth-order valence-corrected chi connectivity index (χ4v) is 3.09. The molecule has 1 aliphatic rings. The summed E-state index contributed by atoms with van der Waals surface area (Å²) in [6.45, 7) is 2.23. The minimum atomic E-state index is -0.598. The number of nitrogens with zero attached hydrogens (tertiary/aromatic N) is 4. The lowest BCUT2D eigenvalue weighted by Gasteiger charge is -2.36. The van der Waals surface area contributed by atoms with E-state index in [-0.39, 0.29) is 22.2 Å². The van der Waals surface area contributed by atoms with E-state index in [2.05, 4.69) is 11.0 Å². The van der Waals surface area contributed by atoms with Gasteiger partial charge in [-0.3, -0.25) is 14.9 Å². The van der Waals surface area contributed by atoms with E-state index in [0.717, 1.165) is 5.69 Å². The Morgan fingerprint density at radius 2 is 1.88 bits per heavy atom. The number of amides is 1. The van der Waals surface area contributed by atoms with Gasteiger partial charge < -0.3 is 9.80 Å². The molecule has 1 heterocycles. The largest absolute Gasteiger partial charge is 0.368 e. The third-order valence-electron chi connectivity index (χ3n) is 4.30. The van der Waals surface area contributed by atoms with E-state index in [1.165, 1.54) is 18.2 Å². The minimum absolute atomic E-state index is 0.00810. The van der Waals surface area contributed by atoms with Gasteiger partial charge in [0.1, 0.15) is 5.02 Å². The molecular weight excluding hydrogens is 356 g/mol. The normalized spacial score (nSPS) is 14.0. The van der Waals surface area contributed by atoms with Crippen LogP contribution in [-0.2, 0) is 0 Å². The molecule has 1 aliphatic heterocycles. The molecule has 0 aromatic heterocycles. The van der Waals surface area contributed by atoms with Crippen molar-refractivity contribution in [2.24, 2.45) is 0 Å². The number of nitro groups is 1. The molecule has 8 heteroatoms. The Bertz CT molecular complexity index is 902. The maximum Gasteiger partial charge on any atom is 0.288 e. The van der Waals surface area contributed by atoms with Crippen molar-refractivity contribution in [1.29, 1.82) is 5.26 Å². The summed E-state index contributed by atoms with van der Waals surface area (Å²) in [5.74, 6) is -0.254. The summed E-state index contributed by atoms with van der Waals surface area (Å²) in [6.07, 6.45) is 0. The van der Waals surface area contributed by atoms with E-state index >= 15 is 0 Å². The number of hydrogen-bond donors (Lipinski definition) is 0. The molecule has 2 aromatic carbocycles. The van der Waals surface area contributed by atoms with Gasteiger partial charge in [0.05, 0.1) is 16.6 Å². The zero-order chi connectivity index (χ0) is 18.7. The van der Waals surface area contributed by atoms with Crippen LogP contribution in [0.3, 0.4) is 0 Å². The summed E-state index contributed by atoms with van der Waals surface area (Å²) >= 11 is 5.80. The molecule has 1 saturated heterocycles. The highest BCUT2D eigenvalue weighted by Crippen LogP contribution is 2.26. The van der Waals surface area contributed by atoms with Crippen LogP contribution >= 0.6 is 11.6 Å². The van der Waals surface area contributed by atoms with Crippen LogP contribution in [0.15, 0.2) is 42.5 Å². The second kappa shape index (κ2) is 7.42. The van der Waals surface area contributed by atoms with Crippen molar-refractivity contribution in [2.75, 3.05) is 31.1 Å². The van der Waals surface area contributed by atoms with E-state index in [1.807, 2.05) is 18.2 Å². The summed E-state index contributed by atoms with van der Waals surface area (Å²) in [6, 6.07) is 13.5. The first kappa shape index (κ1) is 17.7. The van der Waals surface area contributed by atoms with Crippen molar-refractivity contribution in [3.8, 4) is 6.07 Å². The standard InChI is InChI=1S/C18H15ClN4O3/c19-16-5-4-14(11-17(16)23(25)26)18(24)22-8-6-21(7-9-22)15-3-1-2-13(10-15)12-20/h1-5,10-11H,6-9H2. The van der Waals surface area contributed by atoms with Crippen LogP contribution < -0.4 is 4.90 Å². The topological polar surface area (TPSA) is 90.5 Å². The number of carbonyl (C=O) groups excluding carboxylic acids is 1. The van der Waals surface area contributed by atoms with Gasteiger partial charge >= 0.3 is 0 Å². The molecule has 7 nitrogen and oxygen atoms in total. The first-order chi connectivity index (χ1) is 12.5. The number of piperazine rings is 1. The maximum absolute atomic E-state index is 12.6. The first-order valence-electron chi connectivity index (χ1n) is 7.98. The highest BCUT2D eigenvalue weighted by molar-refractivity contribution is 6.32. The zero-order valence-electron chi connectivity index (χ0n) is 13.8. The smallest absolute Gasteiger partial charge is 0.288 e. The summed E-state index contributed by atoms with van der Waals surface area (Å²) in [5, 5.41) is 20.0. The van der Waals surface area contributed by atoms with E-state index in [0.29, 0.717) is 31.7 Å². The average Bonchev–Trinajstić information content (AvgIpc) is 2.67. The fourth-order valence-electron chi connectivity index (χ4n) is 2.91. The molecule has 26 heavy (non-hydrogen) atoms. The molecule has 3 rings (SSSR count). The molecule has 0 atom stereocenters. The third-order valence-corrected chi connectivity index (χ3v) is 4.62. The van der Waals surface area contributed by atoms with E-state index in [9.17, 15) is 14.9 Å². The summed E-state index contributed by atoms with van der Waals surface area (Å²) in [4.78, 5) is 26.8. The lowest BCUT2D eigenvalue weighted by atomic mass is 10.1. The fraction of sp³-hybridized carbons (Fsp3) is 0.222. The summed E-state index contributed by atoms with van der Waals surface area (Å²) < 4.78 is 0. The van der Waals surface area contributed by atoms with E-state index in [1.54, 1.807) is 11.0 Å². The van der Waals surface area contributed by atoms with Gasteiger partial charge in [-0.25, -0.2) is 0 Å². The highest BCUT2D eigenvalue weighted by atomic mass is 35.5. The maximum atomic E-state index is 12.6. The van der Waals surface area contributed by atoms with E-state index in [4.69, 9.17) is 16.9 Å². The van der Waals surface area contributed by atoms with Gasteiger partial charge in [-0.15, -0.1) is 0 Å². The molecule has 0 spiro atoms. The number of halogens is 1. The summed E-state index contributed by atoms with van der Waals surface area (Å²) in [5.41, 5.74) is 1.51. The van der Waals surface area contributed by atoms with Crippen LogP contribution in [0, 0.1) is 21.4 Å². The Kier molecular flexibility index (Phi) is 5.05. The average molecular weight is 371 g/mol. The molecule has 0 radical (unpaired) electrons. The number of carbonyl (C=O) groups is 1. The Morgan fingerprint density at radius 1 is 1.15 bits per heavy atom. The lowest BCUT2D eigenvalue weighted by molar-refractivity contribution is -0.384. The molecule has 1 fully saturated rings. The molecule has 0 saturated carbocycles. The van der Waals surface area contributed by atoms with Crippen LogP contribution in [0.4, 0.5) is 11.4 Å². The Hall–Kier alpha value is -3.11. The van der Waals surface area contributed by atoms with Gasteiger partial charge in [-0.2, -0.15) is 5.26 Å². The number of nitro benzene ring substituents is 1. The van der Waals surface area contributed by atoms with Crippen LogP contribution in [-0.4, -0.2) is 41.9 Å². The second-order valence-corrected chi connectivity index (χ2v) is 6.27. The third kappa shape index (κ3) is 3.60.